The number of hydrogen-bond acceptors (Lipinski definition) is 7. The molecule has 40 heavy (non-hydrogen) atoms. The van der Waals surface area contributed by atoms with Crippen LogP contribution in [0.2, 0.25) is 0 Å². The molecule has 0 aliphatic rings. The monoisotopic (exact) mass is 573 g/mol. The van der Waals surface area contributed by atoms with Crippen molar-refractivity contribution in [2.24, 2.45) is 5.41 Å². The fraction of sp³-hybridized carbons (Fsp3) is 0.258. The van der Waals surface area contributed by atoms with E-state index < -0.39 is 15.3 Å². The van der Waals surface area contributed by atoms with Crippen molar-refractivity contribution in [2.75, 3.05) is 11.5 Å². The number of ether oxygens (including phenoxy) is 1. The van der Waals surface area contributed by atoms with Crippen LogP contribution in [0.1, 0.15) is 31.0 Å². The lowest BCUT2D eigenvalue weighted by molar-refractivity contribution is -0.116. The summed E-state index contributed by atoms with van der Waals surface area (Å²) in [5, 5.41) is 9.58. The molecule has 0 fully saturated rings. The molecule has 0 radical (unpaired) electrons. The second-order valence-electron chi connectivity index (χ2n) is 10.1. The zero-order valence-electron chi connectivity index (χ0n) is 22.7. The van der Waals surface area contributed by atoms with Crippen LogP contribution in [0.4, 0.5) is 0 Å². The number of sulfone groups is 1. The summed E-state index contributed by atoms with van der Waals surface area (Å²) in [6.45, 7) is 5.70. The first-order valence-electron chi connectivity index (χ1n) is 12.8. The van der Waals surface area contributed by atoms with Crippen LogP contribution >= 0.6 is 11.8 Å². The number of carbonyl (C=O) groups excluding carboxylic acids is 1. The highest BCUT2D eigenvalue weighted by Gasteiger charge is 2.30. The van der Waals surface area contributed by atoms with Gasteiger partial charge in [0.05, 0.1) is 39.4 Å². The van der Waals surface area contributed by atoms with E-state index in [1.54, 1.807) is 61.1 Å². The van der Waals surface area contributed by atoms with Crippen molar-refractivity contribution >= 4 is 27.4 Å². The molecule has 4 aromatic rings. The van der Waals surface area contributed by atoms with Crippen LogP contribution in [0.25, 0.3) is 0 Å². The number of imidazole rings is 1. The molecule has 1 atom stereocenters. The number of rotatable bonds is 12. The molecule has 4 rings (SSSR count). The Morgan fingerprint density at radius 1 is 1.00 bits per heavy atom. The fourth-order valence-electron chi connectivity index (χ4n) is 4.11. The Hall–Kier alpha value is -3.87. The first-order valence-corrected chi connectivity index (χ1v) is 15.4. The maximum Gasteiger partial charge on any atom is 0.206 e. The molecule has 9 heteroatoms. The molecular formula is C31H31N3O4S2. The topological polar surface area (TPSA) is 102 Å². The quantitative estimate of drug-likeness (QED) is 0.192. The van der Waals surface area contributed by atoms with Crippen LogP contribution in [-0.4, -0.2) is 35.3 Å². The first-order chi connectivity index (χ1) is 19.1. The van der Waals surface area contributed by atoms with Crippen LogP contribution in [-0.2, 0) is 21.1 Å². The van der Waals surface area contributed by atoms with Gasteiger partial charge in [0.2, 0.25) is 9.84 Å². The van der Waals surface area contributed by atoms with Crippen molar-refractivity contribution in [1.82, 2.24) is 9.55 Å². The molecule has 0 bridgehead atoms. The van der Waals surface area contributed by atoms with Crippen molar-refractivity contribution in [3.05, 3.63) is 103 Å². The molecule has 206 valence electrons. The van der Waals surface area contributed by atoms with Gasteiger partial charge in [0.1, 0.15) is 17.3 Å². The number of carbonyl (C=O) groups is 1. The highest BCUT2D eigenvalue weighted by molar-refractivity contribution is 7.99. The van der Waals surface area contributed by atoms with Crippen molar-refractivity contribution in [2.45, 2.75) is 43.0 Å². The Balaban J connectivity index is 1.30. The summed E-state index contributed by atoms with van der Waals surface area (Å²) in [4.78, 5) is 17.2. The number of thioether (sulfide) groups is 1. The summed E-state index contributed by atoms with van der Waals surface area (Å²) in [6.07, 6.45) is 5.54. The highest BCUT2D eigenvalue weighted by Crippen LogP contribution is 2.33. The number of Topliss-reactive ketones (excluding diaryl/α,β-unsaturated/α-hetero) is 1. The molecule has 0 N–H and O–H groups in total. The van der Waals surface area contributed by atoms with Gasteiger partial charge in [-0.1, -0.05) is 29.8 Å². The second-order valence-corrected chi connectivity index (χ2v) is 13.1. The van der Waals surface area contributed by atoms with Gasteiger partial charge in [-0.2, -0.15) is 17.0 Å². The third kappa shape index (κ3) is 7.20. The van der Waals surface area contributed by atoms with E-state index in [1.807, 2.05) is 43.7 Å². The van der Waals surface area contributed by atoms with Crippen molar-refractivity contribution in [3.8, 4) is 17.6 Å². The molecular weight excluding hydrogens is 542 g/mol. The van der Waals surface area contributed by atoms with Gasteiger partial charge in [-0.25, -0.2) is 13.4 Å². The Bertz CT molecular complexity index is 1570. The van der Waals surface area contributed by atoms with Gasteiger partial charge in [0.15, 0.2) is 0 Å². The van der Waals surface area contributed by atoms with Crippen LogP contribution < -0.4 is 4.74 Å². The maximum absolute atomic E-state index is 12.9. The molecule has 0 saturated carbocycles. The number of nitriles is 1. The average Bonchev–Trinajstić information content (AvgIpc) is 3.47. The van der Waals surface area contributed by atoms with Crippen molar-refractivity contribution < 1.29 is 17.9 Å². The maximum atomic E-state index is 12.9. The van der Waals surface area contributed by atoms with Gasteiger partial charge >= 0.3 is 0 Å². The van der Waals surface area contributed by atoms with Crippen LogP contribution in [0, 0.1) is 23.7 Å². The lowest BCUT2D eigenvalue weighted by atomic mass is 9.87. The number of hydrogen-bond donors (Lipinski definition) is 0. The van der Waals surface area contributed by atoms with Crippen LogP contribution in [0.3, 0.4) is 0 Å². The molecule has 0 spiro atoms. The predicted octanol–water partition coefficient (Wildman–Crippen LogP) is 6.45. The van der Waals surface area contributed by atoms with Gasteiger partial charge in [-0.3, -0.25) is 4.79 Å². The lowest BCUT2D eigenvalue weighted by Gasteiger charge is -2.28. The number of aryl methyl sites for hydroxylation is 1. The zero-order valence-corrected chi connectivity index (χ0v) is 24.3. The Kier molecular flexibility index (Phi) is 9.13. The van der Waals surface area contributed by atoms with E-state index in [0.29, 0.717) is 29.4 Å². The summed E-state index contributed by atoms with van der Waals surface area (Å²) in [5.74, 6) is 2.17. The third-order valence-corrected chi connectivity index (χ3v) is 9.43. The normalized spacial score (nSPS) is 12.4. The molecule has 1 heterocycles. The predicted molar refractivity (Wildman–Crippen MR) is 156 cm³/mol. The smallest absolute Gasteiger partial charge is 0.206 e. The van der Waals surface area contributed by atoms with E-state index in [9.17, 15) is 18.5 Å². The minimum atomic E-state index is -3.60. The zero-order chi connectivity index (χ0) is 28.8. The van der Waals surface area contributed by atoms with Crippen molar-refractivity contribution in [3.63, 3.8) is 0 Å². The summed E-state index contributed by atoms with van der Waals surface area (Å²) in [5.41, 5.74) is 1.27. The Morgan fingerprint density at radius 2 is 1.57 bits per heavy atom. The average molecular weight is 574 g/mol. The number of nitrogens with zero attached hydrogens (tertiary/aromatic N) is 3. The van der Waals surface area contributed by atoms with E-state index in [4.69, 9.17) is 4.74 Å². The second kappa shape index (κ2) is 12.5. The third-order valence-electron chi connectivity index (χ3n) is 6.57. The van der Waals surface area contributed by atoms with Crippen molar-refractivity contribution in [1.29, 1.82) is 5.26 Å². The highest BCUT2D eigenvalue weighted by atomic mass is 32.2. The van der Waals surface area contributed by atoms with Gasteiger partial charge in [-0.05, 0) is 74.9 Å². The van der Waals surface area contributed by atoms with E-state index in [0.717, 1.165) is 11.1 Å². The molecule has 0 aliphatic heterocycles. The lowest BCUT2D eigenvalue weighted by Crippen LogP contribution is -2.27. The number of aromatic nitrogens is 2. The SMILES string of the molecule is Cc1ccc(S(=O)(=O)c2ccc(Oc3ccc(CC(=O)CSCC(n4ccnc4)C(C)(C)C#N)cc3)cc2)cc1. The van der Waals surface area contributed by atoms with E-state index >= 15 is 0 Å². The summed E-state index contributed by atoms with van der Waals surface area (Å²) in [7, 11) is -3.60. The van der Waals surface area contributed by atoms with Gasteiger partial charge < -0.3 is 9.30 Å². The standard InChI is InChI=1S/C31H31N3O4S2/c1-23-4-12-28(13-5-23)40(36,37)29-14-10-27(11-15-29)38-26-8-6-24(7-9-26)18-25(35)19-39-20-30(31(2,3)21-32)34-17-16-33-22-34/h4-17,22,30H,18-20H2,1-3H3. The molecule has 3 aromatic carbocycles. The Morgan fingerprint density at radius 3 is 2.12 bits per heavy atom. The summed E-state index contributed by atoms with van der Waals surface area (Å²) in [6, 6.07) is 22.6. The molecule has 7 nitrogen and oxygen atoms in total. The minimum Gasteiger partial charge on any atom is -0.457 e. The van der Waals surface area contributed by atoms with Crippen LogP contribution in [0.15, 0.2) is 101 Å². The number of benzene rings is 3. The molecule has 1 unspecified atom stereocenters. The van der Waals surface area contributed by atoms with E-state index in [1.165, 1.54) is 23.9 Å². The molecule has 0 amide bonds. The minimum absolute atomic E-state index is 0.0917. The Labute approximate surface area is 239 Å². The van der Waals surface area contributed by atoms with E-state index in [2.05, 4.69) is 11.1 Å². The van der Waals surface area contributed by atoms with Gasteiger partial charge in [0.25, 0.3) is 0 Å². The molecule has 1 aromatic heterocycles. The summed E-state index contributed by atoms with van der Waals surface area (Å²) < 4.78 is 33.5. The van der Waals surface area contributed by atoms with Gasteiger partial charge in [0, 0.05) is 24.6 Å². The van der Waals surface area contributed by atoms with Gasteiger partial charge in [-0.15, -0.1) is 0 Å². The first kappa shape index (κ1) is 29.1. The number of ketones is 1. The van der Waals surface area contributed by atoms with Crippen LogP contribution in [0.5, 0.6) is 11.5 Å². The molecule has 0 aliphatic carbocycles. The fourth-order valence-corrected chi connectivity index (χ4v) is 6.63. The largest absolute Gasteiger partial charge is 0.457 e. The molecule has 0 saturated heterocycles. The van der Waals surface area contributed by atoms with E-state index in [-0.39, 0.29) is 21.6 Å². The summed E-state index contributed by atoms with van der Waals surface area (Å²) >= 11 is 1.52.